The smallest absolute Gasteiger partial charge is 0.350 e. The molecule has 0 amide bonds. The van der Waals surface area contributed by atoms with Crippen molar-refractivity contribution in [3.05, 3.63) is 31.7 Å². The van der Waals surface area contributed by atoms with Crippen LogP contribution in [-0.2, 0) is 11.3 Å². The minimum Gasteiger partial charge on any atom is -0.462 e. The van der Waals surface area contributed by atoms with Crippen molar-refractivity contribution >= 4 is 34.6 Å². The van der Waals surface area contributed by atoms with Crippen LogP contribution in [0.3, 0.4) is 0 Å². The van der Waals surface area contributed by atoms with Crippen LogP contribution in [0, 0.1) is 13.8 Å². The van der Waals surface area contributed by atoms with Crippen molar-refractivity contribution in [3.8, 4) is 0 Å². The molecule has 2 rings (SSSR count). The van der Waals surface area contributed by atoms with Crippen molar-refractivity contribution in [2.24, 2.45) is 4.99 Å². The van der Waals surface area contributed by atoms with E-state index in [-0.39, 0.29) is 12.0 Å². The molecule has 0 spiro atoms. The molecular weight excluding hydrogens is 358 g/mol. The van der Waals surface area contributed by atoms with Gasteiger partial charge in [-0.2, -0.15) is 0 Å². The van der Waals surface area contributed by atoms with Crippen LogP contribution in [0.5, 0.6) is 0 Å². The molecule has 0 bridgehead atoms. The summed E-state index contributed by atoms with van der Waals surface area (Å²) in [4.78, 5) is 26.6. The van der Waals surface area contributed by atoms with E-state index in [1.165, 1.54) is 11.3 Å². The highest BCUT2D eigenvalue weighted by atomic mass is 32.1. The Morgan fingerprint density at radius 2 is 2.16 bits per heavy atom. The molecule has 0 aromatic carbocycles. The minimum atomic E-state index is -0.320. The first-order valence-corrected chi connectivity index (χ1v) is 9.60. The van der Waals surface area contributed by atoms with Crippen molar-refractivity contribution in [1.29, 1.82) is 0 Å². The van der Waals surface area contributed by atoms with Gasteiger partial charge in [-0.15, -0.1) is 22.7 Å². The topological polar surface area (TPSA) is 88.5 Å². The van der Waals surface area contributed by atoms with E-state index in [0.717, 1.165) is 14.9 Å². The summed E-state index contributed by atoms with van der Waals surface area (Å²) in [6.45, 7) is 8.58. The minimum absolute atomic E-state index is 0.0822. The Bertz CT molecular complexity index is 754. The molecule has 0 radical (unpaired) electrons. The molecule has 0 aliphatic rings. The number of nitrogens with zero attached hydrogens (tertiary/aromatic N) is 3. The van der Waals surface area contributed by atoms with Crippen molar-refractivity contribution in [3.63, 3.8) is 0 Å². The fourth-order valence-electron chi connectivity index (χ4n) is 2.11. The molecule has 1 atom stereocenters. The lowest BCUT2D eigenvalue weighted by molar-refractivity contribution is 0.0531. The van der Waals surface area contributed by atoms with Gasteiger partial charge in [-0.3, -0.25) is 4.99 Å². The number of guanidine groups is 1. The van der Waals surface area contributed by atoms with E-state index in [1.807, 2.05) is 27.0 Å². The van der Waals surface area contributed by atoms with Gasteiger partial charge in [0.2, 0.25) is 0 Å². The molecule has 0 saturated heterocycles. The number of aromatic nitrogens is 2. The van der Waals surface area contributed by atoms with Crippen LogP contribution in [0.4, 0.5) is 0 Å². The van der Waals surface area contributed by atoms with Gasteiger partial charge in [-0.1, -0.05) is 0 Å². The third-order valence-electron chi connectivity index (χ3n) is 3.32. The first-order chi connectivity index (χ1) is 11.9. The third-order valence-corrected chi connectivity index (χ3v) is 5.55. The lowest BCUT2D eigenvalue weighted by atomic mass is 10.3. The SMILES string of the molecule is CCOC(=O)c1sc(C(C)NC(=NC)NCc2cnc(C)s2)nc1C. The zero-order valence-electron chi connectivity index (χ0n) is 15.0. The van der Waals surface area contributed by atoms with Gasteiger partial charge in [0, 0.05) is 18.1 Å². The first kappa shape index (κ1) is 19.3. The van der Waals surface area contributed by atoms with Crippen LogP contribution in [0.25, 0.3) is 0 Å². The van der Waals surface area contributed by atoms with Crippen LogP contribution in [-0.4, -0.2) is 35.6 Å². The molecule has 0 fully saturated rings. The molecule has 25 heavy (non-hydrogen) atoms. The van der Waals surface area contributed by atoms with Crippen LogP contribution in [0.2, 0.25) is 0 Å². The van der Waals surface area contributed by atoms with Gasteiger partial charge in [-0.25, -0.2) is 14.8 Å². The number of hydrogen-bond donors (Lipinski definition) is 2. The Hall–Kier alpha value is -2.00. The molecule has 0 aliphatic heterocycles. The molecule has 2 aromatic rings. The maximum atomic E-state index is 11.9. The molecule has 7 nitrogen and oxygen atoms in total. The van der Waals surface area contributed by atoms with E-state index in [4.69, 9.17) is 4.74 Å². The number of ether oxygens (including phenoxy) is 1. The van der Waals surface area contributed by atoms with Crippen molar-refractivity contribution in [1.82, 2.24) is 20.6 Å². The molecule has 2 heterocycles. The second-order valence-electron chi connectivity index (χ2n) is 5.32. The van der Waals surface area contributed by atoms with E-state index < -0.39 is 0 Å². The van der Waals surface area contributed by atoms with Crippen LogP contribution < -0.4 is 10.6 Å². The average molecular weight is 382 g/mol. The molecule has 0 saturated carbocycles. The Labute approximate surface area is 155 Å². The highest BCUT2D eigenvalue weighted by Crippen LogP contribution is 2.24. The maximum absolute atomic E-state index is 11.9. The summed E-state index contributed by atoms with van der Waals surface area (Å²) in [6, 6.07) is -0.0822. The summed E-state index contributed by atoms with van der Waals surface area (Å²) < 4.78 is 5.06. The molecule has 0 aliphatic carbocycles. The standard InChI is InChI=1S/C16H23N5O2S2/c1-6-23-15(22)13-9(2)20-14(25-13)10(3)21-16(17-5)19-8-12-7-18-11(4)24-12/h7,10H,6,8H2,1-5H3,(H2,17,19,21). The highest BCUT2D eigenvalue weighted by molar-refractivity contribution is 7.13. The second-order valence-corrected chi connectivity index (χ2v) is 7.67. The van der Waals surface area contributed by atoms with Gasteiger partial charge in [0.15, 0.2) is 5.96 Å². The Morgan fingerprint density at radius 1 is 1.40 bits per heavy atom. The molecule has 1 unspecified atom stereocenters. The predicted molar refractivity (Wildman–Crippen MR) is 101 cm³/mol. The highest BCUT2D eigenvalue weighted by Gasteiger charge is 2.20. The summed E-state index contributed by atoms with van der Waals surface area (Å²) in [5.74, 6) is 0.350. The van der Waals surface area contributed by atoms with E-state index in [2.05, 4.69) is 25.6 Å². The Balaban J connectivity index is 1.98. The summed E-state index contributed by atoms with van der Waals surface area (Å²) >= 11 is 3.00. The molecular formula is C16H23N5O2S2. The van der Waals surface area contributed by atoms with Crippen molar-refractivity contribution in [2.45, 2.75) is 40.3 Å². The van der Waals surface area contributed by atoms with Crippen molar-refractivity contribution < 1.29 is 9.53 Å². The quantitative estimate of drug-likeness (QED) is 0.454. The normalized spacial score (nSPS) is 12.8. The number of rotatable bonds is 6. The van der Waals surface area contributed by atoms with Gasteiger partial charge in [0.25, 0.3) is 0 Å². The van der Waals surface area contributed by atoms with Gasteiger partial charge < -0.3 is 15.4 Å². The fraction of sp³-hybridized carbons (Fsp3) is 0.500. The largest absolute Gasteiger partial charge is 0.462 e. The van der Waals surface area contributed by atoms with Crippen molar-refractivity contribution in [2.75, 3.05) is 13.7 Å². The van der Waals surface area contributed by atoms with Gasteiger partial charge in [-0.05, 0) is 27.7 Å². The van der Waals surface area contributed by atoms with E-state index in [1.54, 1.807) is 25.3 Å². The second kappa shape index (κ2) is 8.91. The maximum Gasteiger partial charge on any atom is 0.350 e. The lowest BCUT2D eigenvalue weighted by Crippen LogP contribution is -2.38. The van der Waals surface area contributed by atoms with Gasteiger partial charge >= 0.3 is 5.97 Å². The number of thiazole rings is 2. The number of esters is 1. The summed E-state index contributed by atoms with van der Waals surface area (Å²) in [5, 5.41) is 8.41. The number of hydrogen-bond acceptors (Lipinski definition) is 7. The molecule has 2 N–H and O–H groups in total. The van der Waals surface area contributed by atoms with E-state index in [9.17, 15) is 4.79 Å². The first-order valence-electron chi connectivity index (χ1n) is 7.97. The van der Waals surface area contributed by atoms with Crippen LogP contribution in [0.1, 0.15) is 50.1 Å². The lowest BCUT2D eigenvalue weighted by Gasteiger charge is -2.15. The molecule has 9 heteroatoms. The monoisotopic (exact) mass is 381 g/mol. The van der Waals surface area contributed by atoms with Gasteiger partial charge in [0.05, 0.1) is 29.9 Å². The Morgan fingerprint density at radius 3 is 2.76 bits per heavy atom. The van der Waals surface area contributed by atoms with Crippen LogP contribution in [0.15, 0.2) is 11.2 Å². The zero-order chi connectivity index (χ0) is 18.4. The number of aliphatic imine (C=N–C) groups is 1. The summed E-state index contributed by atoms with van der Waals surface area (Å²) in [6.07, 6.45) is 1.86. The number of aryl methyl sites for hydroxylation is 2. The van der Waals surface area contributed by atoms with E-state index in [0.29, 0.717) is 29.7 Å². The summed E-state index contributed by atoms with van der Waals surface area (Å²) in [7, 11) is 1.72. The Kier molecular flexibility index (Phi) is 6.89. The average Bonchev–Trinajstić information content (AvgIpc) is 3.17. The number of nitrogens with one attached hydrogen (secondary N) is 2. The zero-order valence-corrected chi connectivity index (χ0v) is 16.7. The molecule has 2 aromatic heterocycles. The number of carbonyl (C=O) groups excluding carboxylic acids is 1. The molecule has 136 valence electrons. The van der Waals surface area contributed by atoms with Crippen LogP contribution >= 0.6 is 22.7 Å². The summed E-state index contributed by atoms with van der Waals surface area (Å²) in [5.41, 5.74) is 0.690. The fourth-order valence-corrected chi connectivity index (χ4v) is 3.81. The van der Waals surface area contributed by atoms with E-state index >= 15 is 0 Å². The van der Waals surface area contributed by atoms with Gasteiger partial charge in [0.1, 0.15) is 9.88 Å². The number of carbonyl (C=O) groups is 1. The predicted octanol–water partition coefficient (Wildman–Crippen LogP) is 2.82. The third kappa shape index (κ3) is 5.23.